The van der Waals surface area contributed by atoms with E-state index in [4.69, 9.17) is 0 Å². The van der Waals surface area contributed by atoms with Crippen LogP contribution in [0.25, 0.3) is 0 Å². The minimum absolute atomic E-state index is 1.01. The van der Waals surface area contributed by atoms with Gasteiger partial charge in [-0.05, 0) is 26.7 Å². The van der Waals surface area contributed by atoms with Crippen LogP contribution in [-0.4, -0.2) is 35.0 Å². The predicted molar refractivity (Wildman–Crippen MR) is 51.0 cm³/mol. The van der Waals surface area contributed by atoms with Gasteiger partial charge in [-0.25, -0.2) is 4.89 Å². The van der Waals surface area contributed by atoms with E-state index in [1.54, 1.807) is 0 Å². The van der Waals surface area contributed by atoms with Gasteiger partial charge in [-0.3, -0.25) is 0 Å². The Balaban J connectivity index is 2.53. The van der Waals surface area contributed by atoms with Crippen LogP contribution in [0.5, 0.6) is 0 Å². The van der Waals surface area contributed by atoms with Crippen molar-refractivity contribution in [1.29, 1.82) is 0 Å². The molecule has 0 radical (unpaired) electrons. The van der Waals surface area contributed by atoms with Crippen LogP contribution < -0.4 is 0 Å². The van der Waals surface area contributed by atoms with E-state index in [9.17, 15) is 4.89 Å². The van der Waals surface area contributed by atoms with E-state index in [0.29, 0.717) is 0 Å². The summed E-state index contributed by atoms with van der Waals surface area (Å²) >= 11 is 0. The number of hydrogen-bond acceptors (Lipinski definition) is 2. The van der Waals surface area contributed by atoms with E-state index in [0.717, 1.165) is 25.4 Å². The lowest BCUT2D eigenvalue weighted by Gasteiger charge is -2.25. The van der Waals surface area contributed by atoms with Gasteiger partial charge in [-0.15, -0.1) is 0 Å². The van der Waals surface area contributed by atoms with Crippen molar-refractivity contribution in [3.8, 4) is 0 Å². The molecule has 2 nitrogen and oxygen atoms in total. The topological polar surface area (TPSA) is 23.5 Å². The van der Waals surface area contributed by atoms with Gasteiger partial charge in [0.1, 0.15) is 12.3 Å². The van der Waals surface area contributed by atoms with Gasteiger partial charge in [0.15, 0.2) is 0 Å². The van der Waals surface area contributed by atoms with Crippen molar-refractivity contribution in [3.05, 3.63) is 0 Å². The van der Waals surface area contributed by atoms with Crippen LogP contribution in [0.4, 0.5) is 0 Å². The second-order valence-electron chi connectivity index (χ2n) is 3.17. The zero-order valence-corrected chi connectivity index (χ0v) is 8.48. The first-order chi connectivity index (χ1) is 5.23. The fourth-order valence-electron chi connectivity index (χ4n) is 1.87. The van der Waals surface area contributed by atoms with E-state index < -0.39 is 7.64 Å². The molecule has 1 heterocycles. The Kier molecular flexibility index (Phi) is 3.29. The normalized spacial score (nSPS) is 22.9. The van der Waals surface area contributed by atoms with Crippen LogP contribution in [0.2, 0.25) is 0 Å². The average molecular weight is 176 g/mol. The molecule has 66 valence electrons. The van der Waals surface area contributed by atoms with E-state index in [-0.39, 0.29) is 0 Å². The summed E-state index contributed by atoms with van der Waals surface area (Å²) in [6.07, 6.45) is 4.63. The summed E-state index contributed by atoms with van der Waals surface area (Å²) in [6, 6.07) is 0. The molecule has 0 aliphatic carbocycles. The standard InChI is InChI=1S/C8H19NOP/c1-3-9(4-2)11(10)7-5-6-8-11/h10H,3-8H2,1-2H3/q+1. The van der Waals surface area contributed by atoms with Crippen molar-refractivity contribution < 1.29 is 4.89 Å². The van der Waals surface area contributed by atoms with E-state index in [1.807, 2.05) is 0 Å². The van der Waals surface area contributed by atoms with Crippen LogP contribution in [0.3, 0.4) is 0 Å². The van der Waals surface area contributed by atoms with Crippen LogP contribution in [-0.2, 0) is 0 Å². The van der Waals surface area contributed by atoms with Gasteiger partial charge in [0.25, 0.3) is 0 Å². The fraction of sp³-hybridized carbons (Fsp3) is 1.00. The summed E-state index contributed by atoms with van der Waals surface area (Å²) in [5, 5.41) is 0. The molecule has 0 aromatic rings. The smallest absolute Gasteiger partial charge is 0.211 e. The van der Waals surface area contributed by atoms with Crippen molar-refractivity contribution in [2.75, 3.05) is 25.4 Å². The molecule has 0 amide bonds. The van der Waals surface area contributed by atoms with Gasteiger partial charge in [0.2, 0.25) is 7.64 Å². The molecule has 3 heteroatoms. The Hall–Kier alpha value is 0.350. The highest BCUT2D eigenvalue weighted by atomic mass is 31.2. The second-order valence-corrected chi connectivity index (χ2v) is 6.39. The SMILES string of the molecule is CCN(CC)[P+]1(O)CCCC1. The van der Waals surface area contributed by atoms with Gasteiger partial charge >= 0.3 is 0 Å². The highest BCUT2D eigenvalue weighted by Gasteiger charge is 2.44. The Bertz CT molecular complexity index is 119. The molecule has 0 aromatic carbocycles. The third-order valence-electron chi connectivity index (χ3n) is 2.54. The summed E-state index contributed by atoms with van der Waals surface area (Å²) in [4.78, 5) is 10.2. The third kappa shape index (κ3) is 1.93. The third-order valence-corrected chi connectivity index (χ3v) is 6.22. The predicted octanol–water partition coefficient (Wildman–Crippen LogP) is 1.96. The van der Waals surface area contributed by atoms with Crippen LogP contribution in [0, 0.1) is 0 Å². The van der Waals surface area contributed by atoms with E-state index in [2.05, 4.69) is 18.5 Å². The molecule has 0 bridgehead atoms. The molecule has 1 aliphatic heterocycles. The van der Waals surface area contributed by atoms with Crippen molar-refractivity contribution >= 4 is 7.64 Å². The lowest BCUT2D eigenvalue weighted by molar-refractivity contribution is 0.425. The molecule has 1 saturated heterocycles. The molecule has 0 spiro atoms. The maximum atomic E-state index is 10.2. The number of nitrogens with zero attached hydrogens (tertiary/aromatic N) is 1. The van der Waals surface area contributed by atoms with Crippen molar-refractivity contribution in [3.63, 3.8) is 0 Å². The fourth-order valence-corrected chi connectivity index (χ4v) is 5.18. The quantitative estimate of drug-likeness (QED) is 0.664. The molecule has 1 fully saturated rings. The summed E-state index contributed by atoms with van der Waals surface area (Å²) < 4.78 is 2.28. The molecule has 0 aromatic heterocycles. The number of hydrogen-bond donors (Lipinski definition) is 1. The van der Waals surface area contributed by atoms with Gasteiger partial charge in [-0.1, -0.05) is 0 Å². The van der Waals surface area contributed by atoms with Crippen molar-refractivity contribution in [2.24, 2.45) is 0 Å². The molecule has 0 saturated carbocycles. The molecule has 0 atom stereocenters. The average Bonchev–Trinajstić information content (AvgIpc) is 2.39. The molecule has 1 rings (SSSR count). The zero-order valence-electron chi connectivity index (χ0n) is 7.58. The summed E-state index contributed by atoms with van der Waals surface area (Å²) in [5.74, 6) is 0. The summed E-state index contributed by atoms with van der Waals surface area (Å²) in [6.45, 7) is 6.31. The Morgan fingerprint density at radius 1 is 1.18 bits per heavy atom. The van der Waals surface area contributed by atoms with E-state index in [1.165, 1.54) is 12.8 Å². The first-order valence-corrected chi connectivity index (χ1v) is 6.64. The van der Waals surface area contributed by atoms with Gasteiger partial charge in [0.05, 0.1) is 0 Å². The van der Waals surface area contributed by atoms with Crippen molar-refractivity contribution in [2.45, 2.75) is 26.7 Å². The monoisotopic (exact) mass is 176 g/mol. The molecule has 1 aliphatic rings. The first kappa shape index (κ1) is 9.44. The van der Waals surface area contributed by atoms with Crippen LogP contribution >= 0.6 is 7.64 Å². The Morgan fingerprint density at radius 2 is 1.64 bits per heavy atom. The van der Waals surface area contributed by atoms with Crippen molar-refractivity contribution in [1.82, 2.24) is 4.67 Å². The Labute approximate surface area is 70.1 Å². The minimum atomic E-state index is -1.60. The molecule has 0 unspecified atom stereocenters. The zero-order chi connectivity index (χ0) is 8.32. The first-order valence-electron chi connectivity index (χ1n) is 4.58. The van der Waals surface area contributed by atoms with Gasteiger partial charge in [0, 0.05) is 13.1 Å². The molecular weight excluding hydrogens is 157 g/mol. The highest BCUT2D eigenvalue weighted by molar-refractivity contribution is 7.68. The summed E-state index contributed by atoms with van der Waals surface area (Å²) in [7, 11) is -1.60. The minimum Gasteiger partial charge on any atom is -0.233 e. The molecule has 11 heavy (non-hydrogen) atoms. The lowest BCUT2D eigenvalue weighted by Crippen LogP contribution is -2.24. The highest BCUT2D eigenvalue weighted by Crippen LogP contribution is 2.62. The Morgan fingerprint density at radius 3 is 2.00 bits per heavy atom. The van der Waals surface area contributed by atoms with E-state index >= 15 is 0 Å². The largest absolute Gasteiger partial charge is 0.233 e. The van der Waals surface area contributed by atoms with Gasteiger partial charge in [-0.2, -0.15) is 4.67 Å². The number of rotatable bonds is 3. The maximum absolute atomic E-state index is 10.2. The molecular formula is C8H19NOP+. The van der Waals surface area contributed by atoms with Crippen LogP contribution in [0.15, 0.2) is 0 Å². The van der Waals surface area contributed by atoms with Crippen LogP contribution in [0.1, 0.15) is 26.7 Å². The molecule has 1 N–H and O–H groups in total. The summed E-state index contributed by atoms with van der Waals surface area (Å²) in [5.41, 5.74) is 0. The van der Waals surface area contributed by atoms with Gasteiger partial charge < -0.3 is 0 Å². The lowest BCUT2D eigenvalue weighted by atomic mass is 10.4. The maximum Gasteiger partial charge on any atom is 0.211 e. The second kappa shape index (κ2) is 3.84.